The molecule has 0 atom stereocenters. The Balaban J connectivity index is 1.60. The first-order chi connectivity index (χ1) is 16.3. The number of carbonyl (C=O) groups excluding carboxylic acids is 2. The van der Waals surface area contributed by atoms with Gasteiger partial charge in [-0.25, -0.2) is 0 Å². The van der Waals surface area contributed by atoms with Crippen LogP contribution in [-0.2, 0) is 19.5 Å². The molecule has 2 aliphatic rings. The lowest BCUT2D eigenvalue weighted by atomic mass is 9.97. The van der Waals surface area contributed by atoms with Gasteiger partial charge in [-0.1, -0.05) is 19.4 Å². The summed E-state index contributed by atoms with van der Waals surface area (Å²) in [7, 11) is 3.60. The molecule has 0 unspecified atom stereocenters. The minimum atomic E-state index is -0.495. The Labute approximate surface area is 200 Å². The largest absolute Gasteiger partial charge is 0.507 e. The quantitative estimate of drug-likeness (QED) is 0.606. The van der Waals surface area contributed by atoms with Gasteiger partial charge in [0.1, 0.15) is 11.5 Å². The molecule has 3 N–H and O–H groups in total. The monoisotopic (exact) mass is 466 g/mol. The van der Waals surface area contributed by atoms with E-state index >= 15 is 0 Å². The van der Waals surface area contributed by atoms with E-state index in [0.717, 1.165) is 55.8 Å². The molecule has 2 aromatic carbocycles. The zero-order chi connectivity index (χ0) is 24.4. The molecule has 182 valence electrons. The molecule has 0 aromatic heterocycles. The van der Waals surface area contributed by atoms with E-state index in [1.54, 1.807) is 4.90 Å². The Hall–Kier alpha value is -3.26. The molecule has 0 spiro atoms. The zero-order valence-corrected chi connectivity index (χ0v) is 20.2. The van der Waals surface area contributed by atoms with Gasteiger partial charge in [-0.2, -0.15) is 0 Å². The van der Waals surface area contributed by atoms with Gasteiger partial charge in [0.15, 0.2) is 0 Å². The number of piperazine rings is 1. The fourth-order valence-electron chi connectivity index (χ4n) is 4.74. The first-order valence-electron chi connectivity index (χ1n) is 12.0. The number of aromatic hydroxyl groups is 2. The lowest BCUT2D eigenvalue weighted by Gasteiger charge is -2.34. The van der Waals surface area contributed by atoms with E-state index in [4.69, 9.17) is 0 Å². The van der Waals surface area contributed by atoms with Crippen molar-refractivity contribution in [1.82, 2.24) is 15.1 Å². The summed E-state index contributed by atoms with van der Waals surface area (Å²) in [5.41, 5.74) is 3.65. The van der Waals surface area contributed by atoms with E-state index in [9.17, 15) is 19.8 Å². The van der Waals surface area contributed by atoms with Gasteiger partial charge >= 0.3 is 0 Å². The number of hydrogen-bond donors (Lipinski definition) is 3. The van der Waals surface area contributed by atoms with Crippen LogP contribution < -0.4 is 10.2 Å². The Morgan fingerprint density at radius 1 is 0.971 bits per heavy atom. The SMILES string of the molecule is CCCCc1c(O)c(C(=O)NC)cc(C(=O)N2Cc3ccc(N4CCN(C)CC4)cc3C2)c1O. The van der Waals surface area contributed by atoms with Crippen LogP contribution in [0.1, 0.15) is 57.2 Å². The normalized spacial score (nSPS) is 16.0. The van der Waals surface area contributed by atoms with Crippen LogP contribution in [0, 0.1) is 0 Å². The minimum absolute atomic E-state index is 0.00353. The minimum Gasteiger partial charge on any atom is -0.507 e. The third-order valence-corrected chi connectivity index (χ3v) is 6.92. The molecule has 8 nitrogen and oxygen atoms in total. The first-order valence-corrected chi connectivity index (χ1v) is 12.0. The molecule has 34 heavy (non-hydrogen) atoms. The number of rotatable bonds is 6. The van der Waals surface area contributed by atoms with E-state index in [-0.39, 0.29) is 34.1 Å². The number of hydrogen-bond acceptors (Lipinski definition) is 6. The van der Waals surface area contributed by atoms with Crippen LogP contribution in [0.15, 0.2) is 24.3 Å². The average Bonchev–Trinajstić information content (AvgIpc) is 3.27. The van der Waals surface area contributed by atoms with E-state index < -0.39 is 5.91 Å². The Morgan fingerprint density at radius 3 is 2.32 bits per heavy atom. The number of unbranched alkanes of at least 4 members (excludes halogenated alkanes) is 1. The van der Waals surface area contributed by atoms with E-state index in [0.29, 0.717) is 19.5 Å². The van der Waals surface area contributed by atoms with E-state index in [1.165, 1.54) is 13.1 Å². The average molecular weight is 467 g/mol. The first kappa shape index (κ1) is 23.9. The van der Waals surface area contributed by atoms with Crippen LogP contribution in [0.3, 0.4) is 0 Å². The standard InChI is InChI=1S/C26H34N4O4/c1-4-5-6-20-23(31)21(25(33)27-2)14-22(24(20)32)26(34)30-15-17-7-8-19(13-18(17)16-30)29-11-9-28(3)10-12-29/h7-8,13-14,31-32H,4-6,9-12,15-16H2,1-3H3,(H,27,33). The molecule has 0 aliphatic carbocycles. The van der Waals surface area contributed by atoms with Crippen LogP contribution in [-0.4, -0.2) is 72.1 Å². The Morgan fingerprint density at radius 2 is 1.65 bits per heavy atom. The van der Waals surface area contributed by atoms with Crippen LogP contribution >= 0.6 is 0 Å². The molecule has 1 fully saturated rings. The highest BCUT2D eigenvalue weighted by atomic mass is 16.3. The number of carbonyl (C=O) groups is 2. The molecule has 2 amide bonds. The summed E-state index contributed by atoms with van der Waals surface area (Å²) < 4.78 is 0. The van der Waals surface area contributed by atoms with Crippen LogP contribution in [0.2, 0.25) is 0 Å². The van der Waals surface area contributed by atoms with Gasteiger partial charge in [0.05, 0.1) is 11.1 Å². The van der Waals surface area contributed by atoms with Crippen LogP contribution in [0.25, 0.3) is 0 Å². The van der Waals surface area contributed by atoms with Crippen molar-refractivity contribution in [2.24, 2.45) is 0 Å². The highest BCUT2D eigenvalue weighted by molar-refractivity contribution is 6.04. The summed E-state index contributed by atoms with van der Waals surface area (Å²) in [4.78, 5) is 32.2. The van der Waals surface area contributed by atoms with Crippen molar-refractivity contribution in [2.45, 2.75) is 39.3 Å². The summed E-state index contributed by atoms with van der Waals surface area (Å²) in [5, 5.41) is 24.0. The summed E-state index contributed by atoms with van der Waals surface area (Å²) >= 11 is 0. The van der Waals surface area contributed by atoms with Crippen molar-refractivity contribution in [3.63, 3.8) is 0 Å². The van der Waals surface area contributed by atoms with Crippen molar-refractivity contribution in [3.8, 4) is 11.5 Å². The summed E-state index contributed by atoms with van der Waals surface area (Å²) in [5.74, 6) is -1.34. The number of nitrogens with one attached hydrogen (secondary N) is 1. The second-order valence-corrected chi connectivity index (χ2v) is 9.23. The molecule has 2 aliphatic heterocycles. The number of phenolic OH excluding ortho intramolecular Hbond substituents is 2. The van der Waals surface area contributed by atoms with Crippen LogP contribution in [0.5, 0.6) is 11.5 Å². The Bertz CT molecular complexity index is 1090. The van der Waals surface area contributed by atoms with Gasteiger partial charge in [-0.15, -0.1) is 0 Å². The number of nitrogens with zero attached hydrogens (tertiary/aromatic N) is 3. The molecule has 1 saturated heterocycles. The molecule has 0 radical (unpaired) electrons. The van der Waals surface area contributed by atoms with Crippen molar-refractivity contribution < 1.29 is 19.8 Å². The number of likely N-dealkylation sites (N-methyl/N-ethyl adjacent to an activating group) is 1. The molecule has 0 saturated carbocycles. The van der Waals surface area contributed by atoms with Gasteiger partial charge in [0.25, 0.3) is 11.8 Å². The lowest BCUT2D eigenvalue weighted by molar-refractivity contribution is 0.0748. The summed E-state index contributed by atoms with van der Waals surface area (Å²) in [6.07, 6.45) is 1.95. The van der Waals surface area contributed by atoms with Gasteiger partial charge < -0.3 is 30.2 Å². The predicted octanol–water partition coefficient (Wildman–Crippen LogP) is 2.71. The maximum atomic E-state index is 13.5. The van der Waals surface area contributed by atoms with Crippen LogP contribution in [0.4, 0.5) is 5.69 Å². The maximum absolute atomic E-state index is 13.5. The van der Waals surface area contributed by atoms with E-state index in [2.05, 4.69) is 40.4 Å². The molecular weight excluding hydrogens is 432 g/mol. The number of fused-ring (bicyclic) bond motifs is 1. The second-order valence-electron chi connectivity index (χ2n) is 9.23. The molecular formula is C26H34N4O4. The molecule has 4 rings (SSSR count). The number of anilines is 1. The fraction of sp³-hybridized carbons (Fsp3) is 0.462. The van der Waals surface area contributed by atoms with Crippen molar-refractivity contribution in [3.05, 3.63) is 52.1 Å². The number of benzene rings is 2. The summed E-state index contributed by atoms with van der Waals surface area (Å²) in [6, 6.07) is 7.66. The highest BCUT2D eigenvalue weighted by Gasteiger charge is 2.30. The number of amides is 2. The number of phenols is 2. The molecule has 2 heterocycles. The summed E-state index contributed by atoms with van der Waals surface area (Å²) in [6.45, 7) is 6.88. The zero-order valence-electron chi connectivity index (χ0n) is 20.2. The predicted molar refractivity (Wildman–Crippen MR) is 132 cm³/mol. The fourth-order valence-corrected chi connectivity index (χ4v) is 4.74. The highest BCUT2D eigenvalue weighted by Crippen LogP contribution is 2.37. The van der Waals surface area contributed by atoms with Gasteiger partial charge in [-0.05, 0) is 49.2 Å². The van der Waals surface area contributed by atoms with Gasteiger partial charge in [-0.3, -0.25) is 9.59 Å². The Kier molecular flexibility index (Phi) is 6.97. The van der Waals surface area contributed by atoms with Crippen molar-refractivity contribution in [2.75, 3.05) is 45.2 Å². The smallest absolute Gasteiger partial charge is 0.258 e. The molecule has 8 heteroatoms. The second kappa shape index (κ2) is 9.93. The topological polar surface area (TPSA) is 96.3 Å². The van der Waals surface area contributed by atoms with Gasteiger partial charge in [0, 0.05) is 57.6 Å². The maximum Gasteiger partial charge on any atom is 0.258 e. The third kappa shape index (κ3) is 4.55. The third-order valence-electron chi connectivity index (χ3n) is 6.92. The lowest BCUT2D eigenvalue weighted by Crippen LogP contribution is -2.44. The van der Waals surface area contributed by atoms with E-state index in [1.807, 2.05) is 6.92 Å². The molecule has 2 aromatic rings. The van der Waals surface area contributed by atoms with Crippen molar-refractivity contribution >= 4 is 17.5 Å². The molecule has 0 bridgehead atoms. The van der Waals surface area contributed by atoms with Gasteiger partial charge in [0.2, 0.25) is 0 Å². The van der Waals surface area contributed by atoms with Crippen molar-refractivity contribution in [1.29, 1.82) is 0 Å².